The van der Waals surface area contributed by atoms with E-state index in [0.29, 0.717) is 46.5 Å². The molecule has 0 bridgehead atoms. The molecule has 138 heavy (non-hydrogen) atoms. The van der Waals surface area contributed by atoms with E-state index in [2.05, 4.69) is 73.6 Å². The largest absolute Gasteiger partial charge is 0.508 e. The summed E-state index contributed by atoms with van der Waals surface area (Å²) in [5.41, 5.74) is 26.4. The van der Waals surface area contributed by atoms with Crippen LogP contribution in [0.1, 0.15) is 342 Å². The lowest BCUT2D eigenvalue weighted by atomic mass is 9.72. The molecule has 0 aromatic heterocycles. The van der Waals surface area contributed by atoms with Crippen molar-refractivity contribution in [2.45, 2.75) is 276 Å². The van der Waals surface area contributed by atoms with Gasteiger partial charge >= 0.3 is 0 Å². The van der Waals surface area contributed by atoms with E-state index >= 15 is 0 Å². The number of phenolic OH excluding ortho intramolecular Hbond substituents is 17. The summed E-state index contributed by atoms with van der Waals surface area (Å²) >= 11 is 0. The number of hydrogen-bond acceptors (Lipinski definition) is 17. The summed E-state index contributed by atoms with van der Waals surface area (Å²) in [4.78, 5) is 0. The average molecular weight is 1860 g/mol. The molecule has 0 aliphatic heterocycles. The third kappa shape index (κ3) is 21.6. The zero-order valence-electron chi connectivity index (χ0n) is 82.2. The molecule has 5 aliphatic rings. The second-order valence-electron chi connectivity index (χ2n) is 41.3. The highest BCUT2D eigenvalue weighted by molar-refractivity contribution is 5.67. The Kier molecular flexibility index (Phi) is 30.4. The van der Waals surface area contributed by atoms with Crippen LogP contribution in [0.5, 0.6) is 97.7 Å². The number of phenols is 17. The molecule has 5 aliphatic carbocycles. The van der Waals surface area contributed by atoms with Crippen molar-refractivity contribution in [1.82, 2.24) is 0 Å². The van der Waals surface area contributed by atoms with Gasteiger partial charge in [-0.15, -0.1) is 0 Å². The summed E-state index contributed by atoms with van der Waals surface area (Å²) in [6.45, 7) is 29.1. The molecular weight excluding hydrogens is 1730 g/mol. The number of para-hydroxylation sites is 1. The van der Waals surface area contributed by atoms with E-state index < -0.39 is 0 Å². The molecule has 17 nitrogen and oxygen atoms in total. The fourth-order valence-electron chi connectivity index (χ4n) is 23.4. The second kappa shape index (κ2) is 41.8. The number of rotatable bonds is 16. The Morgan fingerprint density at radius 3 is 0.862 bits per heavy atom. The van der Waals surface area contributed by atoms with E-state index in [1.807, 2.05) is 139 Å². The van der Waals surface area contributed by atoms with Crippen LogP contribution in [0.3, 0.4) is 0 Å². The Morgan fingerprint density at radius 1 is 0.261 bits per heavy atom. The number of benzene rings is 13. The second-order valence-corrected chi connectivity index (χ2v) is 41.3. The van der Waals surface area contributed by atoms with Crippen LogP contribution in [0.25, 0.3) is 0 Å². The van der Waals surface area contributed by atoms with Gasteiger partial charge in [-0.05, 0) is 391 Å². The van der Waals surface area contributed by atoms with Gasteiger partial charge in [0.25, 0.3) is 0 Å². The normalized spacial score (nSPS) is 15.7. The van der Waals surface area contributed by atoms with Crippen LogP contribution in [-0.2, 0) is 16.2 Å². The Balaban J connectivity index is 0.000000146. The minimum atomic E-state index is -0.353. The maximum absolute atomic E-state index is 11.2. The lowest BCUT2D eigenvalue weighted by molar-refractivity contribution is 0.348. The molecule has 0 saturated heterocycles. The van der Waals surface area contributed by atoms with Gasteiger partial charge in [-0.1, -0.05) is 189 Å². The van der Waals surface area contributed by atoms with Crippen LogP contribution in [0.15, 0.2) is 212 Å². The van der Waals surface area contributed by atoms with Crippen LogP contribution in [0, 0.1) is 62.3 Å². The van der Waals surface area contributed by atoms with E-state index in [9.17, 15) is 71.5 Å². The molecule has 0 heterocycles. The molecule has 17 heteroatoms. The Bertz CT molecular complexity index is 6080. The maximum Gasteiger partial charge on any atom is 0.157 e. The van der Waals surface area contributed by atoms with Gasteiger partial charge in [0.05, 0.1) is 0 Å². The molecular formula is C121H138O17. The fourth-order valence-corrected chi connectivity index (χ4v) is 23.4. The van der Waals surface area contributed by atoms with Gasteiger partial charge < -0.3 is 86.8 Å². The van der Waals surface area contributed by atoms with Crippen molar-refractivity contribution in [2.24, 2.45) is 0 Å². The highest BCUT2D eigenvalue weighted by atomic mass is 16.3. The molecule has 13 aromatic rings. The molecule has 1 unspecified atom stereocenters. The van der Waals surface area contributed by atoms with Gasteiger partial charge in [-0.3, -0.25) is 0 Å². The van der Waals surface area contributed by atoms with Crippen molar-refractivity contribution >= 4 is 0 Å². The quantitative estimate of drug-likeness (QED) is 0.0316. The van der Waals surface area contributed by atoms with Crippen molar-refractivity contribution in [3.05, 3.63) is 357 Å². The van der Waals surface area contributed by atoms with Gasteiger partial charge in [0.2, 0.25) is 0 Å². The monoisotopic (exact) mass is 1860 g/mol. The zero-order valence-corrected chi connectivity index (χ0v) is 82.2. The standard InChI is InChI=1S/C43H58O3.C26H22O4.C25H28O3.C21H24O4.C6H6O3/c1-27(34-24-37(41(44)21-28(34)2)31-14-8-5-9-15-31)20-40(35-25-38(42(45)22-29(35)3)32-16-10-6-11-17-32)36-26-39(43(46)23-30(36)4)33-18-12-7-13-19-33;27-21-9-1-17(2-10-21)25(18-3-11-22(28)12-4-18)26(19-5-13-23(29)14-6-19)20-7-15-24(30)16-8-20;1-13-11-20(15(3)17(5)24(13)27)23(19-9-7-8-10-22(19)26)21-12-14(2)25(28)18(6)16(21)4;1-19(2)9-21(13-7-17(24)15(22)5-11(13)19)10-20(3,4)12-6-16(23)18(25)8-14(12)21;7-4-1-5(8)3-6(9)2-4/h21-27,31-33,40,44-46H,5-20H2,1-4H3;1-16,25-30H;7-12,23,26-28H,1-6H3;5-8,22-25H,9-10H2,1-4H3;1-3,7-9H. The van der Waals surface area contributed by atoms with Crippen LogP contribution < -0.4 is 0 Å². The van der Waals surface area contributed by atoms with Gasteiger partial charge in [-0.25, -0.2) is 0 Å². The first kappa shape index (κ1) is 100. The molecule has 13 aromatic carbocycles. The molecule has 1 spiro atoms. The van der Waals surface area contributed by atoms with E-state index in [4.69, 9.17) is 15.3 Å². The van der Waals surface area contributed by atoms with Crippen LogP contribution in [0.4, 0.5) is 0 Å². The van der Waals surface area contributed by atoms with E-state index in [-0.39, 0.29) is 115 Å². The third-order valence-corrected chi connectivity index (χ3v) is 30.7. The number of aryl methyl sites for hydroxylation is 5. The molecule has 18 rings (SSSR count). The first-order valence-corrected chi connectivity index (χ1v) is 48.9. The smallest absolute Gasteiger partial charge is 0.157 e. The predicted molar refractivity (Wildman–Crippen MR) is 548 cm³/mol. The summed E-state index contributed by atoms with van der Waals surface area (Å²) in [6, 6.07) is 63.0. The molecule has 0 radical (unpaired) electrons. The predicted octanol–water partition coefficient (Wildman–Crippen LogP) is 28.5. The van der Waals surface area contributed by atoms with Crippen molar-refractivity contribution in [1.29, 1.82) is 0 Å². The van der Waals surface area contributed by atoms with Gasteiger partial charge in [0.1, 0.15) is 74.7 Å². The van der Waals surface area contributed by atoms with Gasteiger partial charge in [0.15, 0.2) is 23.0 Å². The van der Waals surface area contributed by atoms with Crippen LogP contribution >= 0.6 is 0 Å². The third-order valence-electron chi connectivity index (χ3n) is 30.7. The molecule has 3 saturated carbocycles. The maximum atomic E-state index is 11.2. The van der Waals surface area contributed by atoms with E-state index in [1.165, 1.54) is 92.9 Å². The summed E-state index contributed by atoms with van der Waals surface area (Å²) in [7, 11) is 0. The molecule has 0 amide bonds. The minimum absolute atomic E-state index is 0.102. The first-order valence-electron chi connectivity index (χ1n) is 48.9. The van der Waals surface area contributed by atoms with E-state index in [0.717, 1.165) is 186 Å². The lowest BCUT2D eigenvalue weighted by Crippen LogP contribution is -2.26. The molecule has 3 fully saturated rings. The van der Waals surface area contributed by atoms with Crippen LogP contribution in [-0.4, -0.2) is 86.8 Å². The number of fused-ring (bicyclic) bond motifs is 4. The average Bonchev–Trinajstić information content (AvgIpc) is 1.52. The summed E-state index contributed by atoms with van der Waals surface area (Å²) in [6.07, 6.45) is 20.8. The Labute approximate surface area is 812 Å². The summed E-state index contributed by atoms with van der Waals surface area (Å²) < 4.78 is 0. The Morgan fingerprint density at radius 2 is 0.551 bits per heavy atom. The topological polar surface area (TPSA) is 344 Å². The van der Waals surface area contributed by atoms with Crippen molar-refractivity contribution in [3.8, 4) is 97.7 Å². The number of hydrogen-bond donors (Lipinski definition) is 17. The van der Waals surface area contributed by atoms with Crippen LogP contribution in [0.2, 0.25) is 0 Å². The van der Waals surface area contributed by atoms with Crippen molar-refractivity contribution in [3.63, 3.8) is 0 Å². The highest BCUT2D eigenvalue weighted by Gasteiger charge is 2.57. The Hall–Kier alpha value is -13.5. The summed E-state index contributed by atoms with van der Waals surface area (Å²) in [5, 5.41) is 170. The molecule has 724 valence electrons. The van der Waals surface area contributed by atoms with Gasteiger partial charge in [-0.2, -0.15) is 0 Å². The minimum Gasteiger partial charge on any atom is -0.508 e. The van der Waals surface area contributed by atoms with Crippen molar-refractivity contribution in [2.75, 3.05) is 0 Å². The SMILES string of the molecule is CC1(C)CC2(CC(C)(C)c3cc(O)c(O)cc32)c2cc(O)c(O)cc21.Cc1cc(C(c2ccccc2O)c2cc(C)c(O)c(C)c2C)c(C)c(C)c1O.Cc1cc(O)c(C2CCCCC2)cc1C(C)CC(c1cc(C2CCCCC2)c(O)cc1C)c1cc(C2CCCCC2)c(O)cc1C.Oc1cc(O)cc(O)c1.Oc1ccc(C(c2ccc(O)cc2)C(c2ccc(O)cc2)c2ccc(O)cc2)cc1. The zero-order chi connectivity index (χ0) is 99.4. The molecule has 17 N–H and O–H groups in total. The van der Waals surface area contributed by atoms with Crippen molar-refractivity contribution < 1.29 is 86.8 Å². The molecule has 1 atom stereocenters. The lowest BCUT2D eigenvalue weighted by Gasteiger charge is -2.31. The highest BCUT2D eigenvalue weighted by Crippen LogP contribution is 2.65. The summed E-state index contributed by atoms with van der Waals surface area (Å²) in [5.74, 6) is 3.31. The number of aromatic hydroxyl groups is 17. The van der Waals surface area contributed by atoms with Gasteiger partial charge in [0, 0.05) is 52.8 Å². The van der Waals surface area contributed by atoms with E-state index in [1.54, 1.807) is 78.9 Å². The fraction of sp³-hybridized carbons (Fsp3) is 0.355. The first-order chi connectivity index (χ1) is 65.5.